The number of carbonyl (C=O) groups is 1. The fourth-order valence-electron chi connectivity index (χ4n) is 2.45. The minimum absolute atomic E-state index is 0.0430. The Morgan fingerprint density at radius 1 is 1.30 bits per heavy atom. The Bertz CT molecular complexity index is 980. The number of aromatic nitrogens is 3. The van der Waals surface area contributed by atoms with E-state index in [0.717, 1.165) is 0 Å². The summed E-state index contributed by atoms with van der Waals surface area (Å²) in [5.41, 5.74) is 0.587. The van der Waals surface area contributed by atoms with E-state index < -0.39 is 0 Å². The Labute approximate surface area is 164 Å². The second-order valence-electron chi connectivity index (χ2n) is 5.53. The SMILES string of the molecule is CCn1c(SCC(=O)Nc2cc(Cl)ccc2O)nnc1-c1ccccc1F. The molecule has 0 aliphatic heterocycles. The van der Waals surface area contributed by atoms with Gasteiger partial charge in [-0.1, -0.05) is 35.5 Å². The Morgan fingerprint density at radius 2 is 2.07 bits per heavy atom. The Morgan fingerprint density at radius 3 is 2.81 bits per heavy atom. The van der Waals surface area contributed by atoms with Crippen LogP contribution in [0.3, 0.4) is 0 Å². The van der Waals surface area contributed by atoms with Crippen LogP contribution in [0.15, 0.2) is 47.6 Å². The first-order valence-electron chi connectivity index (χ1n) is 8.09. The molecule has 1 heterocycles. The molecule has 0 radical (unpaired) electrons. The first-order chi connectivity index (χ1) is 13.0. The van der Waals surface area contributed by atoms with E-state index in [1.807, 2.05) is 6.92 Å². The molecule has 0 aliphatic rings. The van der Waals surface area contributed by atoms with Crippen molar-refractivity contribution >= 4 is 35.0 Å². The van der Waals surface area contributed by atoms with Crippen LogP contribution in [0.2, 0.25) is 5.02 Å². The molecule has 27 heavy (non-hydrogen) atoms. The lowest BCUT2D eigenvalue weighted by molar-refractivity contribution is -0.113. The molecule has 6 nitrogen and oxygen atoms in total. The molecule has 140 valence electrons. The molecule has 0 atom stereocenters. The zero-order chi connectivity index (χ0) is 19.4. The number of anilines is 1. The summed E-state index contributed by atoms with van der Waals surface area (Å²) >= 11 is 7.04. The molecule has 0 aliphatic carbocycles. The standard InChI is InChI=1S/C18H16ClFN4O2S/c1-2-24-17(12-5-3-4-6-13(12)20)22-23-18(24)27-10-16(26)21-14-9-11(19)7-8-15(14)25/h3-9,25H,2,10H2,1H3,(H,21,26). The number of carbonyl (C=O) groups excluding carboxylic acids is 1. The predicted octanol–water partition coefficient (Wildman–Crippen LogP) is 4.19. The maximum atomic E-state index is 14.0. The van der Waals surface area contributed by atoms with Crippen molar-refractivity contribution in [1.82, 2.24) is 14.8 Å². The smallest absolute Gasteiger partial charge is 0.234 e. The molecular formula is C18H16ClFN4O2S. The van der Waals surface area contributed by atoms with Crippen LogP contribution in [0.4, 0.5) is 10.1 Å². The lowest BCUT2D eigenvalue weighted by atomic mass is 10.2. The Hall–Kier alpha value is -2.58. The normalized spacial score (nSPS) is 10.8. The molecule has 2 N–H and O–H groups in total. The van der Waals surface area contributed by atoms with Crippen molar-refractivity contribution in [2.24, 2.45) is 0 Å². The Kier molecular flexibility index (Phi) is 5.98. The number of amides is 1. The number of aromatic hydroxyl groups is 1. The van der Waals surface area contributed by atoms with Gasteiger partial charge in [0.15, 0.2) is 11.0 Å². The number of nitrogens with one attached hydrogen (secondary N) is 1. The Balaban J connectivity index is 1.72. The molecule has 0 unspecified atom stereocenters. The van der Waals surface area contributed by atoms with Gasteiger partial charge in [-0.15, -0.1) is 10.2 Å². The maximum Gasteiger partial charge on any atom is 0.234 e. The topological polar surface area (TPSA) is 80.0 Å². The van der Waals surface area contributed by atoms with Gasteiger partial charge in [0.1, 0.15) is 11.6 Å². The lowest BCUT2D eigenvalue weighted by Crippen LogP contribution is -2.14. The van der Waals surface area contributed by atoms with E-state index in [4.69, 9.17) is 11.6 Å². The highest BCUT2D eigenvalue weighted by Gasteiger charge is 2.17. The van der Waals surface area contributed by atoms with Gasteiger partial charge in [-0.25, -0.2) is 4.39 Å². The fourth-order valence-corrected chi connectivity index (χ4v) is 3.42. The van der Waals surface area contributed by atoms with Crippen LogP contribution in [-0.2, 0) is 11.3 Å². The van der Waals surface area contributed by atoms with Gasteiger partial charge >= 0.3 is 0 Å². The van der Waals surface area contributed by atoms with Gasteiger partial charge in [0.05, 0.1) is 17.0 Å². The predicted molar refractivity (Wildman–Crippen MR) is 104 cm³/mol. The van der Waals surface area contributed by atoms with E-state index in [-0.39, 0.29) is 28.9 Å². The summed E-state index contributed by atoms with van der Waals surface area (Å²) in [6.07, 6.45) is 0. The second-order valence-corrected chi connectivity index (χ2v) is 6.91. The average Bonchev–Trinajstić information content (AvgIpc) is 3.06. The third-order valence-corrected chi connectivity index (χ3v) is 4.91. The number of rotatable bonds is 6. The highest BCUT2D eigenvalue weighted by atomic mass is 35.5. The zero-order valence-corrected chi connectivity index (χ0v) is 15.9. The van der Waals surface area contributed by atoms with E-state index in [1.165, 1.54) is 36.0 Å². The number of hydrogen-bond donors (Lipinski definition) is 2. The number of halogens is 2. The first kappa shape index (κ1) is 19.2. The van der Waals surface area contributed by atoms with Crippen LogP contribution in [0, 0.1) is 5.82 Å². The molecular weight excluding hydrogens is 391 g/mol. The molecule has 1 amide bonds. The molecule has 0 bridgehead atoms. The summed E-state index contributed by atoms with van der Waals surface area (Å²) in [7, 11) is 0. The second kappa shape index (κ2) is 8.41. The summed E-state index contributed by atoms with van der Waals surface area (Å²) < 4.78 is 15.8. The van der Waals surface area contributed by atoms with E-state index >= 15 is 0 Å². The van der Waals surface area contributed by atoms with Crippen molar-refractivity contribution in [2.75, 3.05) is 11.1 Å². The number of benzene rings is 2. The molecule has 0 fully saturated rings. The monoisotopic (exact) mass is 406 g/mol. The summed E-state index contributed by atoms with van der Waals surface area (Å²) in [5.74, 6) is -0.343. The van der Waals surface area contributed by atoms with Crippen LogP contribution in [0.25, 0.3) is 11.4 Å². The van der Waals surface area contributed by atoms with E-state index in [9.17, 15) is 14.3 Å². The number of nitrogens with zero attached hydrogens (tertiary/aromatic N) is 3. The van der Waals surface area contributed by atoms with E-state index in [1.54, 1.807) is 22.8 Å². The fraction of sp³-hybridized carbons (Fsp3) is 0.167. The third kappa shape index (κ3) is 4.40. The van der Waals surface area contributed by atoms with Gasteiger partial charge < -0.3 is 15.0 Å². The van der Waals surface area contributed by atoms with Crippen molar-refractivity contribution in [3.63, 3.8) is 0 Å². The van der Waals surface area contributed by atoms with Crippen LogP contribution < -0.4 is 5.32 Å². The molecule has 1 aromatic heterocycles. The molecule has 0 saturated carbocycles. The summed E-state index contributed by atoms with van der Waals surface area (Å²) in [4.78, 5) is 12.2. The van der Waals surface area contributed by atoms with Crippen LogP contribution >= 0.6 is 23.4 Å². The largest absolute Gasteiger partial charge is 0.506 e. The minimum atomic E-state index is -0.384. The number of phenols is 1. The van der Waals surface area contributed by atoms with Crippen LogP contribution in [0.5, 0.6) is 5.75 Å². The van der Waals surface area contributed by atoms with Gasteiger partial charge in [-0.05, 0) is 37.3 Å². The maximum absolute atomic E-state index is 14.0. The molecule has 2 aromatic carbocycles. The molecule has 0 saturated heterocycles. The molecule has 9 heteroatoms. The zero-order valence-electron chi connectivity index (χ0n) is 14.3. The van der Waals surface area contributed by atoms with E-state index in [0.29, 0.717) is 28.1 Å². The van der Waals surface area contributed by atoms with Gasteiger partial charge in [-0.2, -0.15) is 0 Å². The lowest BCUT2D eigenvalue weighted by Gasteiger charge is -2.09. The van der Waals surface area contributed by atoms with Gasteiger partial charge in [0, 0.05) is 11.6 Å². The summed E-state index contributed by atoms with van der Waals surface area (Å²) in [6.45, 7) is 2.41. The van der Waals surface area contributed by atoms with Gasteiger partial charge in [0.25, 0.3) is 0 Å². The van der Waals surface area contributed by atoms with Crippen molar-refractivity contribution < 1.29 is 14.3 Å². The summed E-state index contributed by atoms with van der Waals surface area (Å²) in [6, 6.07) is 10.7. The van der Waals surface area contributed by atoms with Crippen molar-refractivity contribution in [2.45, 2.75) is 18.6 Å². The molecule has 3 aromatic rings. The van der Waals surface area contributed by atoms with E-state index in [2.05, 4.69) is 15.5 Å². The van der Waals surface area contributed by atoms with Crippen LogP contribution in [-0.4, -0.2) is 31.5 Å². The van der Waals surface area contributed by atoms with Crippen molar-refractivity contribution in [3.8, 4) is 17.1 Å². The highest BCUT2D eigenvalue weighted by Crippen LogP contribution is 2.28. The van der Waals surface area contributed by atoms with Crippen molar-refractivity contribution in [1.29, 1.82) is 0 Å². The molecule has 3 rings (SSSR count). The van der Waals surface area contributed by atoms with Gasteiger partial charge in [-0.3, -0.25) is 4.79 Å². The summed E-state index contributed by atoms with van der Waals surface area (Å²) in [5, 5.41) is 21.4. The number of thioether (sulfide) groups is 1. The quantitative estimate of drug-likeness (QED) is 0.474. The number of phenolic OH excluding ortho intramolecular Hbond substituents is 1. The highest BCUT2D eigenvalue weighted by molar-refractivity contribution is 7.99. The van der Waals surface area contributed by atoms with Crippen molar-refractivity contribution in [3.05, 3.63) is 53.3 Å². The first-order valence-corrected chi connectivity index (χ1v) is 9.45. The molecule has 0 spiro atoms. The number of hydrogen-bond acceptors (Lipinski definition) is 5. The van der Waals surface area contributed by atoms with Gasteiger partial charge in [0.2, 0.25) is 5.91 Å². The van der Waals surface area contributed by atoms with Crippen LogP contribution in [0.1, 0.15) is 6.92 Å². The third-order valence-electron chi connectivity index (χ3n) is 3.71. The minimum Gasteiger partial charge on any atom is -0.506 e. The average molecular weight is 407 g/mol.